The molecule has 0 fully saturated rings. The second-order valence-corrected chi connectivity index (χ2v) is 9.98. The molecule has 0 amide bonds. The van der Waals surface area contributed by atoms with Gasteiger partial charge in [-0.15, -0.1) is 12.4 Å². The first-order valence-corrected chi connectivity index (χ1v) is 14.0. The maximum Gasteiger partial charge on any atom is 0.325 e. The molecule has 5 aromatic rings. The van der Waals surface area contributed by atoms with Crippen molar-refractivity contribution in [3.8, 4) is 22.6 Å². The summed E-state index contributed by atoms with van der Waals surface area (Å²) in [4.78, 5) is 12.2. The molecule has 0 aliphatic rings. The van der Waals surface area contributed by atoms with Gasteiger partial charge < -0.3 is 19.3 Å². The van der Waals surface area contributed by atoms with Crippen LogP contribution in [0.15, 0.2) is 83.5 Å². The first-order chi connectivity index (χ1) is 21.0. The molecule has 12 heteroatoms. The number of nitrogens with zero attached hydrogens (tertiary/aromatic N) is 2. The van der Waals surface area contributed by atoms with Gasteiger partial charge in [0.15, 0.2) is 0 Å². The van der Waals surface area contributed by atoms with Gasteiger partial charge in [-0.3, -0.25) is 10.1 Å². The highest BCUT2D eigenvalue weighted by Gasteiger charge is 2.20. The Kier molecular flexibility index (Phi) is 11.5. The van der Waals surface area contributed by atoms with Crippen LogP contribution in [0, 0.1) is 5.82 Å². The molecular formula is C32H30Cl2FN3O6. The third-order valence-electron chi connectivity index (χ3n) is 6.67. The first-order valence-electron chi connectivity index (χ1n) is 13.6. The van der Waals surface area contributed by atoms with Crippen molar-refractivity contribution in [3.63, 3.8) is 0 Å². The molecule has 0 bridgehead atoms. The summed E-state index contributed by atoms with van der Waals surface area (Å²) in [6.07, 6.45) is 0. The van der Waals surface area contributed by atoms with E-state index in [-0.39, 0.29) is 55.4 Å². The van der Waals surface area contributed by atoms with Crippen molar-refractivity contribution < 1.29 is 33.1 Å². The average Bonchev–Trinajstić information content (AvgIpc) is 3.49. The predicted molar refractivity (Wildman–Crippen MR) is 165 cm³/mol. The molecule has 0 aliphatic heterocycles. The quantitative estimate of drug-likeness (QED) is 0.143. The summed E-state index contributed by atoms with van der Waals surface area (Å²) in [5, 5.41) is 20.6. The van der Waals surface area contributed by atoms with Gasteiger partial charge in [0, 0.05) is 29.3 Å². The summed E-state index contributed by atoms with van der Waals surface area (Å²) in [5.74, 6) is -0.267. The number of hydrogen-bond donors (Lipinski definition) is 2. The average molecular weight is 643 g/mol. The Balaban J connectivity index is 0.00000442. The standard InChI is InChI=1S/C32H29ClFN3O6.ClH/c1-2-40-32(39)28(17-38)35-16-23-14-25(33)30(15-29(23)41-18-20-11-12-26-27(13-20)37-43-36-26)42-19-22-9-6-10-24(31(22)34)21-7-4-3-5-8-21;/h3-15,28,35,38H,2,16-19H2,1H3;1H. The fraction of sp³-hybridized carbons (Fsp3) is 0.219. The molecule has 1 aromatic heterocycles. The van der Waals surface area contributed by atoms with Crippen LogP contribution >= 0.6 is 24.0 Å². The smallest absolute Gasteiger partial charge is 0.325 e. The fourth-order valence-electron chi connectivity index (χ4n) is 4.42. The molecule has 2 N–H and O–H groups in total. The summed E-state index contributed by atoms with van der Waals surface area (Å²) in [7, 11) is 0. The van der Waals surface area contributed by atoms with Gasteiger partial charge in [0.25, 0.3) is 0 Å². The van der Waals surface area contributed by atoms with E-state index in [1.165, 1.54) is 0 Å². The van der Waals surface area contributed by atoms with Crippen molar-refractivity contribution in [1.29, 1.82) is 0 Å². The maximum absolute atomic E-state index is 15.4. The number of aliphatic hydroxyl groups excluding tert-OH is 1. The second-order valence-electron chi connectivity index (χ2n) is 9.57. The van der Waals surface area contributed by atoms with Gasteiger partial charge in [-0.1, -0.05) is 66.2 Å². The molecule has 0 saturated carbocycles. The van der Waals surface area contributed by atoms with Crippen LogP contribution in [0.1, 0.15) is 23.6 Å². The van der Waals surface area contributed by atoms with Crippen LogP contribution in [0.4, 0.5) is 4.39 Å². The first kappa shape index (κ1) is 32.7. The SMILES string of the molecule is CCOC(=O)C(CO)NCc1cc(Cl)c(OCc2cccc(-c3ccccc3)c2F)cc1OCc1ccc2nonc2c1.Cl. The number of benzene rings is 4. The summed E-state index contributed by atoms with van der Waals surface area (Å²) in [5.41, 5.74) is 4.20. The van der Waals surface area contributed by atoms with Crippen LogP contribution in [0.2, 0.25) is 5.02 Å². The molecule has 5 rings (SSSR count). The van der Waals surface area contributed by atoms with Crippen LogP contribution in [-0.2, 0) is 29.3 Å². The summed E-state index contributed by atoms with van der Waals surface area (Å²) < 4.78 is 37.4. The van der Waals surface area contributed by atoms with Gasteiger partial charge in [-0.05, 0) is 46.6 Å². The number of aliphatic hydroxyl groups is 1. The van der Waals surface area contributed by atoms with E-state index in [4.69, 9.17) is 30.4 Å². The van der Waals surface area contributed by atoms with Gasteiger partial charge in [0.1, 0.15) is 47.6 Å². The molecule has 1 unspecified atom stereocenters. The van der Waals surface area contributed by atoms with E-state index >= 15 is 4.39 Å². The van der Waals surface area contributed by atoms with Crippen LogP contribution < -0.4 is 14.8 Å². The zero-order valence-corrected chi connectivity index (χ0v) is 25.2. The molecule has 4 aromatic carbocycles. The van der Waals surface area contributed by atoms with Crippen molar-refractivity contribution in [2.75, 3.05) is 13.2 Å². The highest BCUT2D eigenvalue weighted by molar-refractivity contribution is 6.32. The number of halogens is 3. The van der Waals surface area contributed by atoms with Crippen LogP contribution in [0.5, 0.6) is 11.5 Å². The molecule has 9 nitrogen and oxygen atoms in total. The number of carbonyl (C=O) groups is 1. The zero-order chi connectivity index (χ0) is 30.2. The normalized spacial score (nSPS) is 11.5. The lowest BCUT2D eigenvalue weighted by Crippen LogP contribution is -2.40. The van der Waals surface area contributed by atoms with Crippen molar-refractivity contribution >= 4 is 41.0 Å². The Morgan fingerprint density at radius 1 is 0.955 bits per heavy atom. The summed E-state index contributed by atoms with van der Waals surface area (Å²) in [6.45, 7) is 1.62. The van der Waals surface area contributed by atoms with Crippen LogP contribution in [0.25, 0.3) is 22.2 Å². The predicted octanol–water partition coefficient (Wildman–Crippen LogP) is 6.28. The minimum Gasteiger partial charge on any atom is -0.488 e. The molecule has 0 spiro atoms. The lowest BCUT2D eigenvalue weighted by atomic mass is 10.0. The monoisotopic (exact) mass is 641 g/mol. The third kappa shape index (κ3) is 7.83. The fourth-order valence-corrected chi connectivity index (χ4v) is 4.66. The Bertz CT molecular complexity index is 1700. The van der Waals surface area contributed by atoms with E-state index in [9.17, 15) is 9.90 Å². The van der Waals surface area contributed by atoms with E-state index in [1.807, 2.05) is 36.4 Å². The van der Waals surface area contributed by atoms with Crippen molar-refractivity contribution in [3.05, 3.63) is 106 Å². The molecule has 44 heavy (non-hydrogen) atoms. The van der Waals surface area contributed by atoms with E-state index in [1.54, 1.807) is 49.4 Å². The third-order valence-corrected chi connectivity index (χ3v) is 6.96. The lowest BCUT2D eigenvalue weighted by Gasteiger charge is -2.19. The van der Waals surface area contributed by atoms with E-state index in [0.29, 0.717) is 33.5 Å². The van der Waals surface area contributed by atoms with Crippen LogP contribution in [0.3, 0.4) is 0 Å². The molecule has 0 radical (unpaired) electrons. The molecule has 0 aliphatic carbocycles. The molecule has 230 valence electrons. The Labute approximate surface area is 264 Å². The number of ether oxygens (including phenoxy) is 3. The number of rotatable bonds is 13. The summed E-state index contributed by atoms with van der Waals surface area (Å²) >= 11 is 6.60. The van der Waals surface area contributed by atoms with Crippen molar-refractivity contribution in [2.24, 2.45) is 0 Å². The zero-order valence-electron chi connectivity index (χ0n) is 23.7. The molecule has 0 saturated heterocycles. The van der Waals surface area contributed by atoms with Crippen LogP contribution in [-0.4, -0.2) is 40.6 Å². The largest absolute Gasteiger partial charge is 0.488 e. The second kappa shape index (κ2) is 15.5. The number of esters is 1. The molecular weight excluding hydrogens is 612 g/mol. The highest BCUT2D eigenvalue weighted by atomic mass is 35.5. The van der Waals surface area contributed by atoms with Gasteiger partial charge in [-0.25, -0.2) is 9.02 Å². The number of carbonyl (C=O) groups excluding carboxylic acids is 1. The van der Waals surface area contributed by atoms with Crippen molar-refractivity contribution in [1.82, 2.24) is 15.6 Å². The maximum atomic E-state index is 15.4. The molecule has 1 heterocycles. The minimum absolute atomic E-state index is 0. The Morgan fingerprint density at radius 3 is 2.50 bits per heavy atom. The minimum atomic E-state index is -0.940. The Morgan fingerprint density at radius 2 is 1.73 bits per heavy atom. The van der Waals surface area contributed by atoms with Gasteiger partial charge in [-0.2, -0.15) is 0 Å². The number of aromatic nitrogens is 2. The highest BCUT2D eigenvalue weighted by Crippen LogP contribution is 2.35. The van der Waals surface area contributed by atoms with E-state index in [0.717, 1.165) is 11.1 Å². The lowest BCUT2D eigenvalue weighted by molar-refractivity contribution is -0.146. The topological polar surface area (TPSA) is 116 Å². The van der Waals surface area contributed by atoms with Gasteiger partial charge in [0.05, 0.1) is 18.2 Å². The summed E-state index contributed by atoms with van der Waals surface area (Å²) in [6, 6.07) is 22.1. The number of nitrogens with one attached hydrogen (secondary N) is 1. The van der Waals surface area contributed by atoms with Crippen molar-refractivity contribution in [2.45, 2.75) is 32.7 Å². The van der Waals surface area contributed by atoms with E-state index < -0.39 is 18.6 Å². The van der Waals surface area contributed by atoms with Gasteiger partial charge >= 0.3 is 5.97 Å². The number of hydrogen-bond acceptors (Lipinski definition) is 9. The van der Waals surface area contributed by atoms with E-state index in [2.05, 4.69) is 15.6 Å². The van der Waals surface area contributed by atoms with Gasteiger partial charge in [0.2, 0.25) is 0 Å². The Hall–Kier alpha value is -4.22. The number of fused-ring (bicyclic) bond motifs is 1. The molecule has 1 atom stereocenters.